The SMILES string of the molecule is COc1ccc(C(CN)N2CCc3sccc3C2)cc1C. The van der Waals surface area contributed by atoms with Crippen molar-refractivity contribution in [3.8, 4) is 5.75 Å². The first kappa shape index (κ1) is 14.6. The first-order chi connectivity index (χ1) is 10.2. The van der Waals surface area contributed by atoms with Gasteiger partial charge in [-0.3, -0.25) is 4.90 Å². The average Bonchev–Trinajstić information content (AvgIpc) is 2.96. The Morgan fingerprint density at radius 3 is 2.95 bits per heavy atom. The zero-order valence-corrected chi connectivity index (χ0v) is 13.5. The third-order valence-corrected chi connectivity index (χ3v) is 5.33. The van der Waals surface area contributed by atoms with Crippen LogP contribution in [-0.2, 0) is 13.0 Å². The Hall–Kier alpha value is -1.36. The molecule has 0 saturated heterocycles. The standard InChI is InChI=1S/C17H22N2OS/c1-12-9-13(3-4-16(12)20-2)15(10-18)19-7-5-17-14(11-19)6-8-21-17/h3-4,6,8-9,15H,5,7,10-11,18H2,1-2H3. The zero-order valence-electron chi connectivity index (χ0n) is 12.6. The second-order valence-electron chi connectivity index (χ2n) is 5.57. The van der Waals surface area contributed by atoms with Crippen molar-refractivity contribution >= 4 is 11.3 Å². The minimum atomic E-state index is 0.280. The van der Waals surface area contributed by atoms with E-state index >= 15 is 0 Å². The molecule has 1 atom stereocenters. The number of nitrogens with zero attached hydrogens (tertiary/aromatic N) is 1. The number of benzene rings is 1. The summed E-state index contributed by atoms with van der Waals surface area (Å²) in [6.07, 6.45) is 1.14. The van der Waals surface area contributed by atoms with Gasteiger partial charge in [-0.05, 0) is 47.5 Å². The average molecular weight is 302 g/mol. The van der Waals surface area contributed by atoms with Crippen LogP contribution in [-0.4, -0.2) is 25.1 Å². The van der Waals surface area contributed by atoms with Gasteiger partial charge in [0.05, 0.1) is 7.11 Å². The molecule has 0 saturated carbocycles. The lowest BCUT2D eigenvalue weighted by atomic mass is 9.99. The summed E-state index contributed by atoms with van der Waals surface area (Å²) in [6, 6.07) is 8.93. The summed E-state index contributed by atoms with van der Waals surface area (Å²) in [5.41, 5.74) is 10.0. The molecule has 2 aromatic rings. The topological polar surface area (TPSA) is 38.5 Å². The van der Waals surface area contributed by atoms with Crippen molar-refractivity contribution in [3.05, 3.63) is 51.2 Å². The van der Waals surface area contributed by atoms with Crippen molar-refractivity contribution in [2.45, 2.75) is 25.9 Å². The molecule has 0 fully saturated rings. The number of nitrogens with two attached hydrogens (primary N) is 1. The third-order valence-electron chi connectivity index (χ3n) is 4.30. The van der Waals surface area contributed by atoms with Crippen molar-refractivity contribution in [2.24, 2.45) is 5.73 Å². The third kappa shape index (κ3) is 2.84. The summed E-state index contributed by atoms with van der Waals surface area (Å²) in [4.78, 5) is 4.03. The van der Waals surface area contributed by atoms with Gasteiger partial charge in [0, 0.05) is 30.6 Å². The van der Waals surface area contributed by atoms with Crippen LogP contribution in [0.2, 0.25) is 0 Å². The molecule has 0 aliphatic carbocycles. The number of methoxy groups -OCH3 is 1. The lowest BCUT2D eigenvalue weighted by Gasteiger charge is -2.34. The van der Waals surface area contributed by atoms with E-state index in [2.05, 4.69) is 35.4 Å². The molecule has 1 aliphatic heterocycles. The maximum absolute atomic E-state index is 6.08. The molecule has 112 valence electrons. The molecule has 0 bridgehead atoms. The lowest BCUT2D eigenvalue weighted by molar-refractivity contribution is 0.185. The number of aryl methyl sites for hydroxylation is 1. The maximum Gasteiger partial charge on any atom is 0.121 e. The number of thiophene rings is 1. The van der Waals surface area contributed by atoms with Crippen LogP contribution in [0.5, 0.6) is 5.75 Å². The predicted molar refractivity (Wildman–Crippen MR) is 88.0 cm³/mol. The van der Waals surface area contributed by atoms with Crippen LogP contribution < -0.4 is 10.5 Å². The van der Waals surface area contributed by atoms with Gasteiger partial charge in [-0.25, -0.2) is 0 Å². The molecule has 4 heteroatoms. The number of rotatable bonds is 4. The van der Waals surface area contributed by atoms with E-state index in [9.17, 15) is 0 Å². The molecule has 3 nitrogen and oxygen atoms in total. The van der Waals surface area contributed by atoms with Crippen molar-refractivity contribution in [1.82, 2.24) is 4.90 Å². The normalized spacial score (nSPS) is 16.5. The van der Waals surface area contributed by atoms with Gasteiger partial charge >= 0.3 is 0 Å². The van der Waals surface area contributed by atoms with Gasteiger partial charge in [0.25, 0.3) is 0 Å². The predicted octanol–water partition coefficient (Wildman–Crippen LogP) is 3.12. The van der Waals surface area contributed by atoms with Crippen LogP contribution in [0.4, 0.5) is 0 Å². The zero-order chi connectivity index (χ0) is 14.8. The van der Waals surface area contributed by atoms with Gasteiger partial charge in [-0.1, -0.05) is 12.1 Å². The molecule has 0 amide bonds. The molecule has 0 radical (unpaired) electrons. The van der Waals surface area contributed by atoms with E-state index in [1.165, 1.54) is 21.6 Å². The molecular formula is C17H22N2OS. The molecule has 0 spiro atoms. The van der Waals surface area contributed by atoms with Crippen molar-refractivity contribution < 1.29 is 4.74 Å². The van der Waals surface area contributed by atoms with E-state index in [4.69, 9.17) is 10.5 Å². The van der Waals surface area contributed by atoms with Gasteiger partial charge in [0.2, 0.25) is 0 Å². The van der Waals surface area contributed by atoms with E-state index < -0.39 is 0 Å². The van der Waals surface area contributed by atoms with Crippen molar-refractivity contribution in [2.75, 3.05) is 20.2 Å². The summed E-state index contributed by atoms with van der Waals surface area (Å²) in [5, 5.41) is 2.20. The smallest absolute Gasteiger partial charge is 0.121 e. The Morgan fingerprint density at radius 2 is 2.24 bits per heavy atom. The fraction of sp³-hybridized carbons (Fsp3) is 0.412. The maximum atomic E-state index is 6.08. The highest BCUT2D eigenvalue weighted by atomic mass is 32.1. The summed E-state index contributed by atoms with van der Waals surface area (Å²) in [7, 11) is 1.71. The van der Waals surface area contributed by atoms with Crippen LogP contribution in [0.25, 0.3) is 0 Å². The van der Waals surface area contributed by atoms with Gasteiger partial charge in [-0.15, -0.1) is 11.3 Å². The van der Waals surface area contributed by atoms with Gasteiger partial charge in [0.1, 0.15) is 5.75 Å². The molecule has 3 rings (SSSR count). The van der Waals surface area contributed by atoms with Crippen molar-refractivity contribution in [1.29, 1.82) is 0 Å². The van der Waals surface area contributed by atoms with E-state index in [1.54, 1.807) is 7.11 Å². The first-order valence-corrected chi connectivity index (χ1v) is 8.24. The lowest BCUT2D eigenvalue weighted by Crippen LogP contribution is -2.37. The van der Waals surface area contributed by atoms with Crippen molar-refractivity contribution in [3.63, 3.8) is 0 Å². The number of hydrogen-bond acceptors (Lipinski definition) is 4. The molecule has 2 heterocycles. The Bertz CT molecular complexity index is 623. The molecule has 1 aliphatic rings. The number of fused-ring (bicyclic) bond motifs is 1. The molecule has 1 aromatic heterocycles. The highest BCUT2D eigenvalue weighted by Gasteiger charge is 2.24. The molecule has 21 heavy (non-hydrogen) atoms. The highest BCUT2D eigenvalue weighted by Crippen LogP contribution is 2.31. The summed E-state index contributed by atoms with van der Waals surface area (Å²) in [6.45, 7) is 4.82. The summed E-state index contributed by atoms with van der Waals surface area (Å²) < 4.78 is 5.35. The first-order valence-electron chi connectivity index (χ1n) is 7.37. The highest BCUT2D eigenvalue weighted by molar-refractivity contribution is 7.10. The second-order valence-corrected chi connectivity index (χ2v) is 6.57. The van der Waals surface area contributed by atoms with E-state index in [1.807, 2.05) is 17.4 Å². The minimum Gasteiger partial charge on any atom is -0.496 e. The van der Waals surface area contributed by atoms with Gasteiger partial charge in [-0.2, -0.15) is 0 Å². The Balaban J connectivity index is 1.84. The van der Waals surface area contributed by atoms with E-state index in [0.29, 0.717) is 6.54 Å². The Kier molecular flexibility index (Phi) is 4.29. The molecule has 1 aromatic carbocycles. The fourth-order valence-corrected chi connectivity index (χ4v) is 4.03. The number of hydrogen-bond donors (Lipinski definition) is 1. The largest absolute Gasteiger partial charge is 0.496 e. The molecular weight excluding hydrogens is 280 g/mol. The Morgan fingerprint density at radius 1 is 1.38 bits per heavy atom. The fourth-order valence-electron chi connectivity index (χ4n) is 3.14. The van der Waals surface area contributed by atoms with Crippen LogP contribution >= 0.6 is 11.3 Å². The van der Waals surface area contributed by atoms with Crippen LogP contribution in [0.1, 0.15) is 27.6 Å². The summed E-state index contributed by atoms with van der Waals surface area (Å²) >= 11 is 1.88. The van der Waals surface area contributed by atoms with Gasteiger partial charge < -0.3 is 10.5 Å². The quantitative estimate of drug-likeness (QED) is 0.943. The minimum absolute atomic E-state index is 0.280. The number of ether oxygens (including phenoxy) is 1. The molecule has 2 N–H and O–H groups in total. The van der Waals surface area contributed by atoms with E-state index in [-0.39, 0.29) is 6.04 Å². The van der Waals surface area contributed by atoms with Gasteiger partial charge in [0.15, 0.2) is 0 Å². The Labute approximate surface area is 130 Å². The van der Waals surface area contributed by atoms with Crippen LogP contribution in [0.15, 0.2) is 29.6 Å². The summed E-state index contributed by atoms with van der Waals surface area (Å²) in [5.74, 6) is 0.938. The molecule has 1 unspecified atom stereocenters. The van der Waals surface area contributed by atoms with Crippen LogP contribution in [0.3, 0.4) is 0 Å². The second kappa shape index (κ2) is 6.18. The van der Waals surface area contributed by atoms with Crippen LogP contribution in [0, 0.1) is 6.92 Å². The monoisotopic (exact) mass is 302 g/mol. The van der Waals surface area contributed by atoms with E-state index in [0.717, 1.165) is 25.3 Å².